The first-order chi connectivity index (χ1) is 10.7. The first-order valence-electron chi connectivity index (χ1n) is 7.98. The lowest BCUT2D eigenvalue weighted by molar-refractivity contribution is -0.137. The van der Waals surface area contributed by atoms with Gasteiger partial charge in [-0.05, 0) is 37.9 Å². The summed E-state index contributed by atoms with van der Waals surface area (Å²) in [7, 11) is 3.28. The fourth-order valence-electron chi connectivity index (χ4n) is 3.23. The van der Waals surface area contributed by atoms with Gasteiger partial charge >= 0.3 is 0 Å². The van der Waals surface area contributed by atoms with E-state index in [1.54, 1.807) is 14.2 Å². The van der Waals surface area contributed by atoms with E-state index >= 15 is 0 Å². The summed E-state index contributed by atoms with van der Waals surface area (Å²) in [5.41, 5.74) is 1.06. The fourth-order valence-corrected chi connectivity index (χ4v) is 3.23. The third-order valence-electron chi connectivity index (χ3n) is 4.71. The Morgan fingerprint density at radius 2 is 1.82 bits per heavy atom. The van der Waals surface area contributed by atoms with Gasteiger partial charge in [0, 0.05) is 32.8 Å². The molecule has 1 aliphatic heterocycles. The minimum Gasteiger partial charge on any atom is -0.385 e. The molecule has 1 saturated heterocycles. The average molecular weight is 305 g/mol. The normalized spacial score (nSPS) is 18.3. The largest absolute Gasteiger partial charge is 0.385 e. The molecule has 1 aromatic rings. The highest BCUT2D eigenvalue weighted by atomic mass is 16.5. The number of ketones is 1. The molecule has 0 aliphatic carbocycles. The summed E-state index contributed by atoms with van der Waals surface area (Å²) < 4.78 is 10.3. The van der Waals surface area contributed by atoms with Crippen molar-refractivity contribution >= 4 is 5.78 Å². The standard InChI is InChI=1S/C18H27NO3/c1-21-13-10-18(17(20)15-22-2)8-11-19(12-9-18)14-16-6-4-3-5-7-16/h3-7H,8-15H2,1-2H3. The first kappa shape index (κ1) is 17.1. The highest BCUT2D eigenvalue weighted by Crippen LogP contribution is 2.36. The van der Waals surface area contributed by atoms with Crippen LogP contribution in [0.4, 0.5) is 0 Å². The van der Waals surface area contributed by atoms with Crippen LogP contribution in [-0.2, 0) is 20.8 Å². The number of benzene rings is 1. The molecule has 1 aromatic carbocycles. The van der Waals surface area contributed by atoms with Crippen LogP contribution in [0.25, 0.3) is 0 Å². The number of ether oxygens (including phenoxy) is 2. The van der Waals surface area contributed by atoms with E-state index in [1.807, 2.05) is 6.07 Å². The Labute approximate surface area is 133 Å². The Balaban J connectivity index is 1.95. The van der Waals surface area contributed by atoms with Gasteiger partial charge in [0.2, 0.25) is 0 Å². The van der Waals surface area contributed by atoms with Crippen molar-refractivity contribution in [1.29, 1.82) is 0 Å². The lowest BCUT2D eigenvalue weighted by Gasteiger charge is -2.40. The zero-order valence-electron chi connectivity index (χ0n) is 13.7. The molecule has 1 aliphatic rings. The number of carbonyl (C=O) groups excluding carboxylic acids is 1. The second-order valence-corrected chi connectivity index (χ2v) is 6.14. The molecule has 0 unspecified atom stereocenters. The Hall–Kier alpha value is -1.23. The van der Waals surface area contributed by atoms with Gasteiger partial charge in [0.25, 0.3) is 0 Å². The van der Waals surface area contributed by atoms with Gasteiger partial charge in [-0.25, -0.2) is 0 Å². The van der Waals surface area contributed by atoms with E-state index in [2.05, 4.69) is 29.2 Å². The molecule has 0 bridgehead atoms. The average Bonchev–Trinajstić information content (AvgIpc) is 2.55. The third-order valence-corrected chi connectivity index (χ3v) is 4.71. The monoisotopic (exact) mass is 305 g/mol. The molecule has 22 heavy (non-hydrogen) atoms. The number of piperidine rings is 1. The van der Waals surface area contributed by atoms with Crippen molar-refractivity contribution in [1.82, 2.24) is 4.90 Å². The van der Waals surface area contributed by atoms with Crippen LogP contribution in [0.15, 0.2) is 30.3 Å². The van der Waals surface area contributed by atoms with E-state index in [0.29, 0.717) is 6.61 Å². The molecule has 0 saturated carbocycles. The lowest BCUT2D eigenvalue weighted by atomic mass is 9.72. The maximum atomic E-state index is 12.5. The molecule has 0 aromatic heterocycles. The molecular formula is C18H27NO3. The molecule has 0 N–H and O–H groups in total. The Morgan fingerprint density at radius 1 is 1.14 bits per heavy atom. The number of nitrogens with zero attached hydrogens (tertiary/aromatic N) is 1. The third kappa shape index (κ3) is 4.38. The van der Waals surface area contributed by atoms with Crippen LogP contribution in [0.2, 0.25) is 0 Å². The van der Waals surface area contributed by atoms with Gasteiger partial charge in [-0.1, -0.05) is 30.3 Å². The van der Waals surface area contributed by atoms with Crippen molar-refractivity contribution in [2.24, 2.45) is 5.41 Å². The Morgan fingerprint density at radius 3 is 2.41 bits per heavy atom. The molecule has 4 nitrogen and oxygen atoms in total. The molecule has 0 spiro atoms. The van der Waals surface area contributed by atoms with Gasteiger partial charge in [-0.2, -0.15) is 0 Å². The SMILES string of the molecule is COCCC1(C(=O)COC)CCN(Cc2ccccc2)CC1. The molecule has 122 valence electrons. The number of methoxy groups -OCH3 is 2. The number of Topliss-reactive ketones (excluding diaryl/α,β-unsaturated/α-hetero) is 1. The molecule has 4 heteroatoms. The summed E-state index contributed by atoms with van der Waals surface area (Å²) in [6.45, 7) is 3.71. The zero-order chi connectivity index (χ0) is 15.8. The van der Waals surface area contributed by atoms with Crippen LogP contribution in [0.1, 0.15) is 24.8 Å². The van der Waals surface area contributed by atoms with E-state index in [0.717, 1.165) is 38.9 Å². The van der Waals surface area contributed by atoms with Crippen molar-refractivity contribution in [3.05, 3.63) is 35.9 Å². The summed E-state index contributed by atoms with van der Waals surface area (Å²) in [6.07, 6.45) is 2.58. The van der Waals surface area contributed by atoms with Gasteiger partial charge in [-0.3, -0.25) is 9.69 Å². The Bertz CT molecular complexity index is 453. The maximum absolute atomic E-state index is 12.5. The summed E-state index contributed by atoms with van der Waals surface area (Å²) >= 11 is 0. The van der Waals surface area contributed by atoms with Gasteiger partial charge in [-0.15, -0.1) is 0 Å². The molecule has 2 rings (SSSR count). The highest BCUT2D eigenvalue weighted by molar-refractivity contribution is 5.86. The van der Waals surface area contributed by atoms with Crippen molar-refractivity contribution < 1.29 is 14.3 Å². The van der Waals surface area contributed by atoms with Crippen molar-refractivity contribution in [2.75, 3.05) is 40.5 Å². The minimum atomic E-state index is -0.265. The minimum absolute atomic E-state index is 0.211. The number of hydrogen-bond acceptors (Lipinski definition) is 4. The highest BCUT2D eigenvalue weighted by Gasteiger charge is 2.40. The summed E-state index contributed by atoms with van der Waals surface area (Å²) in [5, 5.41) is 0. The van der Waals surface area contributed by atoms with Gasteiger partial charge in [0.1, 0.15) is 6.61 Å². The predicted molar refractivity (Wildman–Crippen MR) is 86.8 cm³/mol. The van der Waals surface area contributed by atoms with Crippen LogP contribution >= 0.6 is 0 Å². The van der Waals surface area contributed by atoms with Crippen molar-refractivity contribution in [3.8, 4) is 0 Å². The van der Waals surface area contributed by atoms with Crippen LogP contribution in [0.5, 0.6) is 0 Å². The quantitative estimate of drug-likeness (QED) is 0.740. The molecule has 0 amide bonds. The van der Waals surface area contributed by atoms with E-state index in [9.17, 15) is 4.79 Å². The van der Waals surface area contributed by atoms with Gasteiger partial charge in [0.05, 0.1) is 0 Å². The maximum Gasteiger partial charge on any atom is 0.164 e. The van der Waals surface area contributed by atoms with E-state index in [-0.39, 0.29) is 17.8 Å². The van der Waals surface area contributed by atoms with Crippen molar-refractivity contribution in [2.45, 2.75) is 25.8 Å². The zero-order valence-corrected chi connectivity index (χ0v) is 13.7. The lowest BCUT2D eigenvalue weighted by Crippen LogP contribution is -2.45. The Kier molecular flexibility index (Phi) is 6.55. The van der Waals surface area contributed by atoms with E-state index in [1.165, 1.54) is 5.56 Å². The second kappa shape index (κ2) is 8.42. The number of likely N-dealkylation sites (tertiary alicyclic amines) is 1. The molecule has 1 fully saturated rings. The number of rotatable bonds is 8. The predicted octanol–water partition coefficient (Wildman–Crippen LogP) is 2.52. The summed E-state index contributed by atoms with van der Waals surface area (Å²) in [4.78, 5) is 14.9. The van der Waals surface area contributed by atoms with Gasteiger partial charge in [0.15, 0.2) is 5.78 Å². The van der Waals surface area contributed by atoms with E-state index in [4.69, 9.17) is 9.47 Å². The first-order valence-corrected chi connectivity index (χ1v) is 7.98. The molecule has 0 radical (unpaired) electrons. The number of hydrogen-bond donors (Lipinski definition) is 0. The molecule has 0 atom stereocenters. The van der Waals surface area contributed by atoms with Crippen LogP contribution in [0.3, 0.4) is 0 Å². The second-order valence-electron chi connectivity index (χ2n) is 6.14. The van der Waals surface area contributed by atoms with Gasteiger partial charge < -0.3 is 9.47 Å². The van der Waals surface area contributed by atoms with Crippen LogP contribution in [0, 0.1) is 5.41 Å². The summed E-state index contributed by atoms with van der Waals surface area (Å²) in [5.74, 6) is 0.228. The summed E-state index contributed by atoms with van der Waals surface area (Å²) in [6, 6.07) is 10.5. The topological polar surface area (TPSA) is 38.8 Å². The smallest absolute Gasteiger partial charge is 0.164 e. The van der Waals surface area contributed by atoms with Crippen LogP contribution < -0.4 is 0 Å². The van der Waals surface area contributed by atoms with E-state index < -0.39 is 0 Å². The fraction of sp³-hybridized carbons (Fsp3) is 0.611. The van der Waals surface area contributed by atoms with Crippen molar-refractivity contribution in [3.63, 3.8) is 0 Å². The number of carbonyl (C=O) groups is 1. The molecule has 1 heterocycles. The molecular weight excluding hydrogens is 278 g/mol. The van der Waals surface area contributed by atoms with Crippen LogP contribution in [-0.4, -0.2) is 51.2 Å².